The molecule has 4 aromatic heterocycles. The first-order valence-electron chi connectivity index (χ1n) is 10.6. The summed E-state index contributed by atoms with van der Waals surface area (Å²) < 4.78 is 16.5. The molecule has 1 atom stereocenters. The molecule has 0 unspecified atom stereocenters. The second-order valence-electron chi connectivity index (χ2n) is 7.62. The predicted octanol–water partition coefficient (Wildman–Crippen LogP) is 3.28. The molecule has 1 aliphatic heterocycles. The van der Waals surface area contributed by atoms with E-state index in [4.69, 9.17) is 19.0 Å². The van der Waals surface area contributed by atoms with Crippen LogP contribution in [0.25, 0.3) is 11.4 Å². The molecule has 11 heteroatoms. The summed E-state index contributed by atoms with van der Waals surface area (Å²) in [5.74, 6) is 2.97. The number of pyridine rings is 1. The smallest absolute Gasteiger partial charge is 0.231 e. The summed E-state index contributed by atoms with van der Waals surface area (Å²) in [6, 6.07) is 11.2. The minimum Gasteiger partial charge on any atom is -0.475 e. The third-order valence-corrected chi connectivity index (χ3v) is 5.25. The lowest BCUT2D eigenvalue weighted by molar-refractivity contribution is 0.143. The van der Waals surface area contributed by atoms with E-state index in [1.807, 2.05) is 37.3 Å². The summed E-state index contributed by atoms with van der Waals surface area (Å²) >= 11 is 0. The number of methoxy groups -OCH3 is 1. The van der Waals surface area contributed by atoms with E-state index in [1.165, 1.54) is 0 Å². The van der Waals surface area contributed by atoms with Gasteiger partial charge in [-0.2, -0.15) is 15.1 Å². The van der Waals surface area contributed by atoms with Crippen LogP contribution in [0.1, 0.15) is 23.9 Å². The first kappa shape index (κ1) is 20.9. The molecule has 5 rings (SSSR count). The molecule has 5 heterocycles. The summed E-state index contributed by atoms with van der Waals surface area (Å²) in [6.45, 7) is 3.56. The monoisotopic (exact) mass is 448 g/mol. The zero-order chi connectivity index (χ0) is 22.6. The van der Waals surface area contributed by atoms with Crippen LogP contribution in [0.5, 0.6) is 5.88 Å². The molecular formula is C22H24N8O3. The van der Waals surface area contributed by atoms with Crippen LogP contribution < -0.4 is 15.0 Å². The van der Waals surface area contributed by atoms with E-state index in [9.17, 15) is 0 Å². The van der Waals surface area contributed by atoms with Crippen LogP contribution in [0.3, 0.4) is 0 Å². The number of aryl methyl sites for hydroxylation is 1. The molecule has 1 aliphatic rings. The van der Waals surface area contributed by atoms with Crippen LogP contribution in [-0.2, 0) is 4.74 Å². The van der Waals surface area contributed by atoms with Gasteiger partial charge in [0.15, 0.2) is 11.6 Å². The Bertz CT molecular complexity index is 1210. The molecule has 33 heavy (non-hydrogen) atoms. The summed E-state index contributed by atoms with van der Waals surface area (Å²) in [4.78, 5) is 15.7. The Labute approximate surface area is 190 Å². The normalized spacial score (nSPS) is 15.3. The number of hydrogen-bond donors (Lipinski definition) is 2. The lowest BCUT2D eigenvalue weighted by Crippen LogP contribution is -2.42. The maximum absolute atomic E-state index is 5.78. The molecule has 0 bridgehead atoms. The number of anilines is 3. The van der Waals surface area contributed by atoms with Crippen molar-refractivity contribution in [3.8, 4) is 17.3 Å². The fourth-order valence-electron chi connectivity index (χ4n) is 3.53. The van der Waals surface area contributed by atoms with Crippen molar-refractivity contribution >= 4 is 17.6 Å². The van der Waals surface area contributed by atoms with Crippen molar-refractivity contribution in [1.82, 2.24) is 30.3 Å². The highest BCUT2D eigenvalue weighted by Gasteiger charge is 2.35. The zero-order valence-corrected chi connectivity index (χ0v) is 18.4. The zero-order valence-electron chi connectivity index (χ0n) is 18.4. The number of nitrogens with one attached hydrogen (secondary N) is 2. The number of ether oxygens (including phenoxy) is 2. The van der Waals surface area contributed by atoms with Gasteiger partial charge in [0.1, 0.15) is 18.1 Å². The molecule has 11 nitrogen and oxygen atoms in total. The highest BCUT2D eigenvalue weighted by atomic mass is 16.5. The number of aromatic amines is 1. The largest absolute Gasteiger partial charge is 0.475 e. The van der Waals surface area contributed by atoms with Gasteiger partial charge in [-0.1, -0.05) is 11.2 Å². The number of hydrogen-bond acceptors (Lipinski definition) is 10. The van der Waals surface area contributed by atoms with Gasteiger partial charge in [-0.05, 0) is 25.5 Å². The summed E-state index contributed by atoms with van der Waals surface area (Å²) in [5.41, 5.74) is 2.41. The van der Waals surface area contributed by atoms with Gasteiger partial charge < -0.3 is 24.2 Å². The lowest BCUT2D eigenvalue weighted by Gasteiger charge is -2.39. The summed E-state index contributed by atoms with van der Waals surface area (Å²) in [6.07, 6.45) is 2.63. The molecule has 2 N–H and O–H groups in total. The van der Waals surface area contributed by atoms with E-state index in [2.05, 4.69) is 35.5 Å². The van der Waals surface area contributed by atoms with E-state index in [0.29, 0.717) is 42.4 Å². The van der Waals surface area contributed by atoms with Gasteiger partial charge in [0.25, 0.3) is 0 Å². The van der Waals surface area contributed by atoms with Gasteiger partial charge in [-0.25, -0.2) is 0 Å². The van der Waals surface area contributed by atoms with Crippen LogP contribution in [0, 0.1) is 6.92 Å². The summed E-state index contributed by atoms with van der Waals surface area (Å²) in [7, 11) is 1.63. The van der Waals surface area contributed by atoms with Crippen LogP contribution in [0.4, 0.5) is 17.6 Å². The summed E-state index contributed by atoms with van der Waals surface area (Å²) in [5, 5.41) is 14.5. The van der Waals surface area contributed by atoms with Crippen molar-refractivity contribution < 1.29 is 14.0 Å². The predicted molar refractivity (Wildman–Crippen MR) is 120 cm³/mol. The first-order valence-corrected chi connectivity index (χ1v) is 10.6. The Morgan fingerprint density at radius 3 is 2.82 bits per heavy atom. The van der Waals surface area contributed by atoms with Crippen molar-refractivity contribution in [1.29, 1.82) is 0 Å². The second-order valence-corrected chi connectivity index (χ2v) is 7.62. The molecule has 0 aliphatic carbocycles. The van der Waals surface area contributed by atoms with Gasteiger partial charge in [0, 0.05) is 43.7 Å². The highest BCUT2D eigenvalue weighted by molar-refractivity contribution is 5.57. The highest BCUT2D eigenvalue weighted by Crippen LogP contribution is 2.38. The van der Waals surface area contributed by atoms with E-state index < -0.39 is 0 Å². The minimum absolute atomic E-state index is 0.0235. The van der Waals surface area contributed by atoms with E-state index in [0.717, 1.165) is 30.1 Å². The molecule has 0 saturated carbocycles. The SMILES string of the molecule is COCCOc1cc(Nc2cc(C)[nH]n2)nc(N2CC[C@H]2c2cc(-c3ccccn3)no2)n1. The number of H-pyrrole nitrogens is 1. The van der Waals surface area contributed by atoms with Gasteiger partial charge >= 0.3 is 0 Å². The molecule has 1 fully saturated rings. The van der Waals surface area contributed by atoms with E-state index in [1.54, 1.807) is 19.4 Å². The quantitative estimate of drug-likeness (QED) is 0.368. The molecule has 1 saturated heterocycles. The number of aromatic nitrogens is 6. The van der Waals surface area contributed by atoms with Crippen molar-refractivity contribution in [2.45, 2.75) is 19.4 Å². The average Bonchev–Trinajstić information content (AvgIpc) is 3.43. The van der Waals surface area contributed by atoms with Gasteiger partial charge in [0.2, 0.25) is 11.8 Å². The first-order chi connectivity index (χ1) is 16.2. The molecular weight excluding hydrogens is 424 g/mol. The Balaban J connectivity index is 1.39. The molecule has 4 aromatic rings. The van der Waals surface area contributed by atoms with Crippen LogP contribution in [-0.4, -0.2) is 57.2 Å². The average molecular weight is 448 g/mol. The molecule has 0 radical (unpaired) electrons. The molecule has 0 spiro atoms. The standard InChI is InChI=1S/C22H24N8O3/c1-14-11-20(28-27-14)24-19-13-21(32-10-9-31-2)26-22(25-19)30-8-6-17(30)18-12-16(29-33-18)15-5-3-4-7-23-15/h3-5,7,11-13,17H,6,8-10H2,1-2H3,(H2,24,25,26,27,28)/t17-/m0/s1. The van der Waals surface area contributed by atoms with E-state index in [-0.39, 0.29) is 6.04 Å². The van der Waals surface area contributed by atoms with Crippen molar-refractivity contribution in [3.05, 3.63) is 54.0 Å². The number of nitrogens with zero attached hydrogens (tertiary/aromatic N) is 6. The molecule has 0 aromatic carbocycles. The van der Waals surface area contributed by atoms with Crippen LogP contribution >= 0.6 is 0 Å². The third-order valence-electron chi connectivity index (χ3n) is 5.25. The van der Waals surface area contributed by atoms with Crippen LogP contribution in [0.15, 0.2) is 47.1 Å². The molecule has 0 amide bonds. The molecule has 170 valence electrons. The lowest BCUT2D eigenvalue weighted by atomic mass is 10.0. The van der Waals surface area contributed by atoms with Crippen molar-refractivity contribution in [3.63, 3.8) is 0 Å². The van der Waals surface area contributed by atoms with Gasteiger partial charge in [-0.3, -0.25) is 10.1 Å². The van der Waals surface area contributed by atoms with Crippen molar-refractivity contribution in [2.24, 2.45) is 0 Å². The Morgan fingerprint density at radius 2 is 2.09 bits per heavy atom. The fourth-order valence-corrected chi connectivity index (χ4v) is 3.53. The minimum atomic E-state index is -0.0235. The maximum atomic E-state index is 5.78. The Hall–Kier alpha value is -3.99. The number of rotatable bonds is 9. The Morgan fingerprint density at radius 1 is 1.15 bits per heavy atom. The second kappa shape index (κ2) is 9.25. The third kappa shape index (κ3) is 4.62. The maximum Gasteiger partial charge on any atom is 0.231 e. The van der Waals surface area contributed by atoms with Crippen LogP contribution in [0.2, 0.25) is 0 Å². The Kier molecular flexibility index (Phi) is 5.85. The van der Waals surface area contributed by atoms with E-state index >= 15 is 0 Å². The van der Waals surface area contributed by atoms with Gasteiger partial charge in [0.05, 0.1) is 18.3 Å². The van der Waals surface area contributed by atoms with Gasteiger partial charge in [-0.15, -0.1) is 0 Å². The fraction of sp³-hybridized carbons (Fsp3) is 0.318. The topological polar surface area (TPSA) is 127 Å². The van der Waals surface area contributed by atoms with Crippen molar-refractivity contribution in [2.75, 3.05) is 37.1 Å².